The van der Waals surface area contributed by atoms with E-state index >= 15 is 0 Å². The van der Waals surface area contributed by atoms with Crippen molar-refractivity contribution in [1.29, 1.82) is 0 Å². The van der Waals surface area contributed by atoms with Crippen LogP contribution in [0.15, 0.2) is 0 Å². The number of amides is 1. The minimum atomic E-state index is 0.0358. The average Bonchev–Trinajstić information content (AvgIpc) is 3.44. The molecule has 7 N–H and O–H groups in total. The summed E-state index contributed by atoms with van der Waals surface area (Å²) in [6, 6.07) is 0. The molecule has 0 aromatic rings. The number of carbonyl (C=O) groups excluding carboxylic acids is 1. The summed E-state index contributed by atoms with van der Waals surface area (Å²) in [5.74, 6) is 2.19. The van der Waals surface area contributed by atoms with Crippen molar-refractivity contribution >= 4 is 5.91 Å². The normalized spacial score (nSPS) is 23.2. The van der Waals surface area contributed by atoms with Crippen LogP contribution in [0.25, 0.3) is 0 Å². The number of hydrogen-bond donors (Lipinski definition) is 4. The maximum Gasteiger partial charge on any atom is 0.220 e. The second kappa shape index (κ2) is 28.6. The fourth-order valence-electron chi connectivity index (χ4n) is 8.90. The summed E-state index contributed by atoms with van der Waals surface area (Å²) in [5.41, 5.74) is 17.7. The van der Waals surface area contributed by atoms with Gasteiger partial charge in [0.05, 0.1) is 18.3 Å². The molecule has 1 aliphatic carbocycles. The van der Waals surface area contributed by atoms with Gasteiger partial charge in [0.15, 0.2) is 0 Å². The predicted molar refractivity (Wildman–Crippen MR) is 221 cm³/mol. The standard InChI is InChI=1S/C44H90N4O4/c1-9-11-12-13-14-15-30-48-42(49)22-19-35(3)40-21-20-36(4)44(40,8)41(52-33-18-29-47)34-37(5)43(7,25-23-38(6)50-31-16-27-45)26-24-39(10-2)51-32-17-28-46/h35-41H,9-34,45-47H2,1-8H3,(H,48,49)/t35-,36-,37-,38+,39+,40-,41+,43-,44+/m1/s1. The van der Waals surface area contributed by atoms with Gasteiger partial charge in [0, 0.05) is 32.8 Å². The molecule has 0 heterocycles. The Morgan fingerprint density at radius 2 is 1.40 bits per heavy atom. The van der Waals surface area contributed by atoms with Crippen molar-refractivity contribution in [3.63, 3.8) is 0 Å². The summed E-state index contributed by atoms with van der Waals surface area (Å²) in [4.78, 5) is 12.9. The predicted octanol–water partition coefficient (Wildman–Crippen LogP) is 9.16. The largest absolute Gasteiger partial charge is 0.378 e. The molecule has 310 valence electrons. The fraction of sp³-hybridized carbons (Fsp3) is 0.977. The van der Waals surface area contributed by atoms with Gasteiger partial charge in [-0.05, 0) is 145 Å². The van der Waals surface area contributed by atoms with Crippen molar-refractivity contribution in [3.05, 3.63) is 0 Å². The lowest BCUT2D eigenvalue weighted by atomic mass is 9.61. The van der Waals surface area contributed by atoms with Crippen molar-refractivity contribution in [1.82, 2.24) is 5.32 Å². The highest BCUT2D eigenvalue weighted by atomic mass is 16.5. The first-order valence-electron chi connectivity index (χ1n) is 22.1. The van der Waals surface area contributed by atoms with Crippen molar-refractivity contribution in [2.45, 2.75) is 196 Å². The Balaban J connectivity index is 3.12. The Kier molecular flexibility index (Phi) is 27.1. The van der Waals surface area contributed by atoms with E-state index in [0.29, 0.717) is 56.3 Å². The molecule has 0 bridgehead atoms. The Morgan fingerprint density at radius 3 is 2.04 bits per heavy atom. The minimum Gasteiger partial charge on any atom is -0.378 e. The molecular weight excluding hydrogens is 649 g/mol. The molecule has 0 aliphatic heterocycles. The van der Waals surface area contributed by atoms with Gasteiger partial charge in [0.1, 0.15) is 0 Å². The first-order valence-corrected chi connectivity index (χ1v) is 22.1. The van der Waals surface area contributed by atoms with E-state index in [-0.39, 0.29) is 35.0 Å². The van der Waals surface area contributed by atoms with Crippen LogP contribution in [0.1, 0.15) is 177 Å². The summed E-state index contributed by atoms with van der Waals surface area (Å²) in [6.45, 7) is 24.0. The van der Waals surface area contributed by atoms with Crippen molar-refractivity contribution in [3.8, 4) is 0 Å². The van der Waals surface area contributed by atoms with Gasteiger partial charge < -0.3 is 36.7 Å². The van der Waals surface area contributed by atoms with Gasteiger partial charge in [-0.2, -0.15) is 0 Å². The summed E-state index contributed by atoms with van der Waals surface area (Å²) in [6.07, 6.45) is 21.1. The first kappa shape index (κ1) is 49.2. The zero-order valence-electron chi connectivity index (χ0n) is 35.8. The molecule has 1 rings (SSSR count). The Hall–Kier alpha value is -0.770. The van der Waals surface area contributed by atoms with Gasteiger partial charge in [0.2, 0.25) is 5.91 Å². The van der Waals surface area contributed by atoms with E-state index in [4.69, 9.17) is 31.4 Å². The first-order chi connectivity index (χ1) is 24.9. The molecule has 1 aliphatic rings. The number of rotatable bonds is 34. The van der Waals surface area contributed by atoms with E-state index in [1.807, 2.05) is 0 Å². The van der Waals surface area contributed by atoms with Crippen LogP contribution >= 0.6 is 0 Å². The lowest BCUT2D eigenvalue weighted by Gasteiger charge is -2.48. The molecule has 0 spiro atoms. The van der Waals surface area contributed by atoms with Crippen LogP contribution in [0, 0.1) is 34.5 Å². The van der Waals surface area contributed by atoms with Crippen LogP contribution in [0.2, 0.25) is 0 Å². The second-order valence-corrected chi connectivity index (χ2v) is 17.3. The molecule has 1 fully saturated rings. The van der Waals surface area contributed by atoms with Crippen LogP contribution in [0.3, 0.4) is 0 Å². The Labute approximate surface area is 322 Å². The van der Waals surface area contributed by atoms with Gasteiger partial charge in [-0.15, -0.1) is 0 Å². The molecule has 8 nitrogen and oxygen atoms in total. The molecule has 1 amide bonds. The van der Waals surface area contributed by atoms with E-state index in [2.05, 4.69) is 60.7 Å². The Bertz CT molecular complexity index is 879. The van der Waals surface area contributed by atoms with Crippen molar-refractivity contribution in [2.24, 2.45) is 51.7 Å². The van der Waals surface area contributed by atoms with Gasteiger partial charge >= 0.3 is 0 Å². The van der Waals surface area contributed by atoms with Crippen LogP contribution in [-0.2, 0) is 19.0 Å². The minimum absolute atomic E-state index is 0.0358. The number of hydrogen-bond acceptors (Lipinski definition) is 7. The quantitative estimate of drug-likeness (QED) is 0.0484. The zero-order valence-corrected chi connectivity index (χ0v) is 35.8. The number of carbonyl (C=O) groups is 1. The van der Waals surface area contributed by atoms with E-state index < -0.39 is 0 Å². The molecule has 0 saturated heterocycles. The van der Waals surface area contributed by atoms with Crippen LogP contribution < -0.4 is 22.5 Å². The maximum atomic E-state index is 12.9. The molecule has 1 saturated carbocycles. The topological polar surface area (TPSA) is 135 Å². The monoisotopic (exact) mass is 739 g/mol. The van der Waals surface area contributed by atoms with Gasteiger partial charge in [0.25, 0.3) is 0 Å². The van der Waals surface area contributed by atoms with E-state index in [1.54, 1.807) is 0 Å². The SMILES string of the molecule is CCCCCCCCNC(=O)CC[C@@H](C)[C@H]1CC[C@@H](C)[C@]1(C)[C@H](C[C@@H](C)[C@@](C)(CC[C@H](CC)OCCCN)CC[C@H](C)OCCCN)OCCCN. The van der Waals surface area contributed by atoms with Gasteiger partial charge in [-0.1, -0.05) is 80.6 Å². The molecule has 9 atom stereocenters. The molecule has 0 aromatic heterocycles. The summed E-state index contributed by atoms with van der Waals surface area (Å²) < 4.78 is 19.5. The number of ether oxygens (including phenoxy) is 3. The highest BCUT2D eigenvalue weighted by Crippen LogP contribution is 2.56. The van der Waals surface area contributed by atoms with E-state index in [9.17, 15) is 4.79 Å². The second-order valence-electron chi connectivity index (χ2n) is 17.3. The van der Waals surface area contributed by atoms with Gasteiger partial charge in [-0.3, -0.25) is 4.79 Å². The lowest BCUT2D eigenvalue weighted by Crippen LogP contribution is -2.46. The third-order valence-corrected chi connectivity index (χ3v) is 13.3. The van der Waals surface area contributed by atoms with Crippen molar-refractivity contribution in [2.75, 3.05) is 46.0 Å². The lowest BCUT2D eigenvalue weighted by molar-refractivity contribution is -0.122. The molecule has 0 aromatic carbocycles. The summed E-state index contributed by atoms with van der Waals surface area (Å²) in [7, 11) is 0. The Morgan fingerprint density at radius 1 is 0.808 bits per heavy atom. The third kappa shape index (κ3) is 18.2. The van der Waals surface area contributed by atoms with E-state index in [1.165, 1.54) is 44.9 Å². The molecule has 52 heavy (non-hydrogen) atoms. The van der Waals surface area contributed by atoms with Crippen LogP contribution in [-0.4, -0.2) is 70.2 Å². The van der Waals surface area contributed by atoms with Crippen LogP contribution in [0.4, 0.5) is 0 Å². The molecule has 8 heteroatoms. The highest BCUT2D eigenvalue weighted by Gasteiger charge is 2.52. The van der Waals surface area contributed by atoms with Gasteiger partial charge in [-0.25, -0.2) is 0 Å². The smallest absolute Gasteiger partial charge is 0.220 e. The molecular formula is C44H90N4O4. The summed E-state index contributed by atoms with van der Waals surface area (Å²) in [5, 5.41) is 3.22. The maximum absolute atomic E-state index is 12.9. The fourth-order valence-corrected chi connectivity index (χ4v) is 8.90. The average molecular weight is 739 g/mol. The van der Waals surface area contributed by atoms with Crippen molar-refractivity contribution < 1.29 is 19.0 Å². The third-order valence-electron chi connectivity index (χ3n) is 13.3. The number of nitrogens with one attached hydrogen (secondary N) is 1. The molecule has 0 unspecified atom stereocenters. The molecule has 0 radical (unpaired) electrons. The number of nitrogens with two attached hydrogens (primary N) is 3. The highest BCUT2D eigenvalue weighted by molar-refractivity contribution is 5.75. The van der Waals surface area contributed by atoms with Crippen LogP contribution in [0.5, 0.6) is 0 Å². The summed E-state index contributed by atoms with van der Waals surface area (Å²) >= 11 is 0. The van der Waals surface area contributed by atoms with E-state index in [0.717, 1.165) is 90.4 Å². The zero-order chi connectivity index (χ0) is 38.8. The number of unbranched alkanes of at least 4 members (excludes halogenated alkanes) is 5.